The van der Waals surface area contributed by atoms with E-state index >= 15 is 0 Å². The van der Waals surface area contributed by atoms with E-state index in [2.05, 4.69) is 19.2 Å². The summed E-state index contributed by atoms with van der Waals surface area (Å²) in [5.74, 6) is 0.763. The highest BCUT2D eigenvalue weighted by Crippen LogP contribution is 2.26. The number of benzene rings is 2. The van der Waals surface area contributed by atoms with Gasteiger partial charge < -0.3 is 10.1 Å². The van der Waals surface area contributed by atoms with Gasteiger partial charge in [0, 0.05) is 18.7 Å². The molecule has 0 bridgehead atoms. The summed E-state index contributed by atoms with van der Waals surface area (Å²) < 4.78 is 18.7. The van der Waals surface area contributed by atoms with E-state index < -0.39 is 5.82 Å². The smallest absolute Gasteiger partial charge is 0.142 e. The molecule has 0 saturated heterocycles. The maximum Gasteiger partial charge on any atom is 0.142 e. The molecule has 4 heteroatoms. The van der Waals surface area contributed by atoms with E-state index in [0.717, 1.165) is 6.54 Å². The molecule has 0 radical (unpaired) electrons. The Balaban J connectivity index is 2.01. The summed E-state index contributed by atoms with van der Waals surface area (Å²) in [6, 6.07) is 12.5. The van der Waals surface area contributed by atoms with E-state index in [1.165, 1.54) is 17.7 Å². The van der Waals surface area contributed by atoms with Crippen LogP contribution >= 0.6 is 11.6 Å². The Morgan fingerprint density at radius 2 is 1.75 bits per heavy atom. The fraction of sp³-hybridized carbons (Fsp3) is 0.250. The first-order chi connectivity index (χ1) is 9.54. The van der Waals surface area contributed by atoms with Gasteiger partial charge in [0.05, 0.1) is 5.02 Å². The number of hydrogen-bond donors (Lipinski definition) is 1. The molecular formula is C16H17ClFNO. The van der Waals surface area contributed by atoms with Crippen LogP contribution in [0.1, 0.15) is 19.4 Å². The maximum atomic E-state index is 13.0. The second kappa shape index (κ2) is 6.73. The SMILES string of the molecule is CC(C)NCc1ccc(Oc2ccc(F)c(Cl)c2)cc1. The van der Waals surface area contributed by atoms with Crippen molar-refractivity contribution in [3.8, 4) is 11.5 Å². The number of nitrogens with one attached hydrogen (secondary N) is 1. The van der Waals surface area contributed by atoms with Crippen molar-refractivity contribution >= 4 is 11.6 Å². The van der Waals surface area contributed by atoms with Crippen LogP contribution in [-0.4, -0.2) is 6.04 Å². The third kappa shape index (κ3) is 4.22. The van der Waals surface area contributed by atoms with Crippen LogP contribution in [-0.2, 0) is 6.54 Å². The fourth-order valence-corrected chi connectivity index (χ4v) is 1.84. The Labute approximate surface area is 123 Å². The first-order valence-electron chi connectivity index (χ1n) is 6.50. The minimum Gasteiger partial charge on any atom is -0.457 e. The van der Waals surface area contributed by atoms with Gasteiger partial charge in [0.2, 0.25) is 0 Å². The van der Waals surface area contributed by atoms with Crippen molar-refractivity contribution < 1.29 is 9.13 Å². The summed E-state index contributed by atoms with van der Waals surface area (Å²) in [5.41, 5.74) is 1.18. The molecule has 2 aromatic rings. The zero-order chi connectivity index (χ0) is 14.5. The van der Waals surface area contributed by atoms with E-state index in [4.69, 9.17) is 16.3 Å². The van der Waals surface area contributed by atoms with Gasteiger partial charge in [-0.25, -0.2) is 4.39 Å². The van der Waals surface area contributed by atoms with Crippen molar-refractivity contribution in [1.29, 1.82) is 0 Å². The summed E-state index contributed by atoms with van der Waals surface area (Å²) in [6.45, 7) is 5.03. The topological polar surface area (TPSA) is 21.3 Å². The van der Waals surface area contributed by atoms with Crippen molar-refractivity contribution in [3.63, 3.8) is 0 Å². The second-order valence-corrected chi connectivity index (χ2v) is 5.26. The Kier molecular flexibility index (Phi) is 4.99. The summed E-state index contributed by atoms with van der Waals surface area (Å²) in [5, 5.41) is 3.40. The van der Waals surface area contributed by atoms with Crippen molar-refractivity contribution in [2.24, 2.45) is 0 Å². The van der Waals surface area contributed by atoms with Crippen LogP contribution in [0, 0.1) is 5.82 Å². The molecule has 0 fully saturated rings. The average molecular weight is 294 g/mol. The van der Waals surface area contributed by atoms with Gasteiger partial charge >= 0.3 is 0 Å². The van der Waals surface area contributed by atoms with Crippen LogP contribution in [0.25, 0.3) is 0 Å². The number of halogens is 2. The quantitative estimate of drug-likeness (QED) is 0.857. The molecule has 0 amide bonds. The zero-order valence-corrected chi connectivity index (χ0v) is 12.2. The van der Waals surface area contributed by atoms with Gasteiger partial charge in [0.15, 0.2) is 0 Å². The molecule has 0 aliphatic heterocycles. The molecule has 106 valence electrons. The average Bonchev–Trinajstić information content (AvgIpc) is 2.42. The predicted octanol–water partition coefficient (Wildman–Crippen LogP) is 4.77. The molecule has 0 atom stereocenters. The van der Waals surface area contributed by atoms with E-state index in [1.807, 2.05) is 24.3 Å². The van der Waals surface area contributed by atoms with Crippen LogP contribution in [0.5, 0.6) is 11.5 Å². The van der Waals surface area contributed by atoms with Crippen molar-refractivity contribution in [3.05, 3.63) is 58.9 Å². The van der Waals surface area contributed by atoms with Crippen molar-refractivity contribution in [1.82, 2.24) is 5.32 Å². The molecule has 2 aromatic carbocycles. The molecule has 0 unspecified atom stereocenters. The highest BCUT2D eigenvalue weighted by Gasteiger charge is 2.03. The van der Waals surface area contributed by atoms with Crippen LogP contribution in [0.2, 0.25) is 5.02 Å². The van der Waals surface area contributed by atoms with Gasteiger partial charge in [-0.1, -0.05) is 37.6 Å². The lowest BCUT2D eigenvalue weighted by molar-refractivity contribution is 0.480. The lowest BCUT2D eigenvalue weighted by atomic mass is 10.2. The minimum atomic E-state index is -0.450. The molecular weight excluding hydrogens is 277 g/mol. The van der Waals surface area contributed by atoms with Gasteiger partial charge in [-0.15, -0.1) is 0 Å². The second-order valence-electron chi connectivity index (χ2n) is 4.86. The van der Waals surface area contributed by atoms with Gasteiger partial charge in [0.25, 0.3) is 0 Å². The summed E-state index contributed by atoms with van der Waals surface area (Å²) in [4.78, 5) is 0. The van der Waals surface area contributed by atoms with E-state index in [9.17, 15) is 4.39 Å². The molecule has 0 saturated carbocycles. The summed E-state index contributed by atoms with van der Waals surface area (Å²) in [6.07, 6.45) is 0. The standard InChI is InChI=1S/C16H17ClFNO/c1-11(2)19-10-12-3-5-13(6-4-12)20-14-7-8-16(18)15(17)9-14/h3-9,11,19H,10H2,1-2H3. The molecule has 0 heterocycles. The number of ether oxygens (including phenoxy) is 1. The van der Waals surface area contributed by atoms with Gasteiger partial charge in [0.1, 0.15) is 17.3 Å². The van der Waals surface area contributed by atoms with E-state index in [0.29, 0.717) is 17.5 Å². The third-order valence-electron chi connectivity index (χ3n) is 2.76. The zero-order valence-electron chi connectivity index (χ0n) is 11.5. The third-order valence-corrected chi connectivity index (χ3v) is 3.05. The Hall–Kier alpha value is -1.58. The molecule has 0 aromatic heterocycles. The Bertz CT molecular complexity index is 569. The molecule has 0 aliphatic rings. The summed E-state index contributed by atoms with van der Waals surface area (Å²) in [7, 11) is 0. The fourth-order valence-electron chi connectivity index (χ4n) is 1.67. The highest BCUT2D eigenvalue weighted by molar-refractivity contribution is 6.30. The Morgan fingerprint density at radius 1 is 1.10 bits per heavy atom. The first kappa shape index (κ1) is 14.8. The molecule has 20 heavy (non-hydrogen) atoms. The maximum absolute atomic E-state index is 13.0. The van der Waals surface area contributed by atoms with Crippen molar-refractivity contribution in [2.75, 3.05) is 0 Å². The largest absolute Gasteiger partial charge is 0.457 e. The van der Waals surface area contributed by atoms with E-state index in [-0.39, 0.29) is 5.02 Å². The van der Waals surface area contributed by atoms with Gasteiger partial charge in [-0.3, -0.25) is 0 Å². The Morgan fingerprint density at radius 3 is 2.35 bits per heavy atom. The van der Waals surface area contributed by atoms with Crippen LogP contribution < -0.4 is 10.1 Å². The monoisotopic (exact) mass is 293 g/mol. The van der Waals surface area contributed by atoms with Gasteiger partial charge in [-0.2, -0.15) is 0 Å². The normalized spacial score (nSPS) is 10.8. The number of hydrogen-bond acceptors (Lipinski definition) is 2. The molecule has 0 aliphatic carbocycles. The van der Waals surface area contributed by atoms with Crippen LogP contribution in [0.3, 0.4) is 0 Å². The van der Waals surface area contributed by atoms with Crippen molar-refractivity contribution in [2.45, 2.75) is 26.4 Å². The van der Waals surface area contributed by atoms with Crippen LogP contribution in [0.4, 0.5) is 4.39 Å². The molecule has 1 N–H and O–H groups in total. The predicted molar refractivity (Wildman–Crippen MR) is 79.9 cm³/mol. The first-order valence-corrected chi connectivity index (χ1v) is 6.87. The highest BCUT2D eigenvalue weighted by atomic mass is 35.5. The molecule has 2 nitrogen and oxygen atoms in total. The lowest BCUT2D eigenvalue weighted by Gasteiger charge is -2.10. The van der Waals surface area contributed by atoms with Crippen LogP contribution in [0.15, 0.2) is 42.5 Å². The molecule has 2 rings (SSSR count). The molecule has 0 spiro atoms. The minimum absolute atomic E-state index is 0.0558. The van der Waals surface area contributed by atoms with E-state index in [1.54, 1.807) is 6.07 Å². The summed E-state index contributed by atoms with van der Waals surface area (Å²) >= 11 is 5.71. The lowest BCUT2D eigenvalue weighted by Crippen LogP contribution is -2.21. The van der Waals surface area contributed by atoms with Gasteiger partial charge in [-0.05, 0) is 29.8 Å². The number of rotatable bonds is 5.